The van der Waals surface area contributed by atoms with Crippen LogP contribution in [-0.2, 0) is 4.74 Å². The standard InChI is InChI=1S/C31H58O/c1-3-5-6-7-8-11-27-13-15-28(16-14-27)12-9-25-32-31-23-21-30(22-24-31)29-19-17-26(10-4-2)18-20-29/h26-31H,3-25H2,1-2H3/t26-,27-,28-,29-,30-,31-. The van der Waals surface area contributed by atoms with Crippen LogP contribution < -0.4 is 0 Å². The van der Waals surface area contributed by atoms with Gasteiger partial charge in [-0.3, -0.25) is 0 Å². The Kier molecular flexibility index (Phi) is 13.1. The molecular formula is C31H58O. The fourth-order valence-electron chi connectivity index (χ4n) is 7.55. The van der Waals surface area contributed by atoms with E-state index in [9.17, 15) is 0 Å². The van der Waals surface area contributed by atoms with Gasteiger partial charge in [0, 0.05) is 6.61 Å². The van der Waals surface area contributed by atoms with Gasteiger partial charge < -0.3 is 4.74 Å². The SMILES string of the molecule is CCCCCCC[C@H]1CC[C@H](CCCO[C@H]2CC[C@H]([C@H]3CC[C@H](CCC)CC3)CC2)CC1. The van der Waals surface area contributed by atoms with Crippen LogP contribution in [-0.4, -0.2) is 12.7 Å². The molecule has 0 aromatic heterocycles. The first-order valence-electron chi connectivity index (χ1n) is 15.4. The third-order valence-electron chi connectivity index (χ3n) is 9.77. The summed E-state index contributed by atoms with van der Waals surface area (Å²) in [4.78, 5) is 0. The summed E-state index contributed by atoms with van der Waals surface area (Å²) in [6, 6.07) is 0. The number of hydrogen-bond acceptors (Lipinski definition) is 1. The van der Waals surface area contributed by atoms with Crippen LogP contribution in [0.5, 0.6) is 0 Å². The third kappa shape index (κ3) is 9.68. The molecule has 3 aliphatic rings. The van der Waals surface area contributed by atoms with Crippen molar-refractivity contribution in [3.05, 3.63) is 0 Å². The van der Waals surface area contributed by atoms with Gasteiger partial charge in [0.1, 0.15) is 0 Å². The minimum absolute atomic E-state index is 0.589. The van der Waals surface area contributed by atoms with Gasteiger partial charge in [0.25, 0.3) is 0 Å². The second-order valence-electron chi connectivity index (χ2n) is 12.2. The molecule has 188 valence electrons. The van der Waals surface area contributed by atoms with E-state index in [-0.39, 0.29) is 0 Å². The maximum absolute atomic E-state index is 6.37. The predicted octanol–water partition coefficient (Wildman–Crippen LogP) is 10.1. The van der Waals surface area contributed by atoms with Gasteiger partial charge >= 0.3 is 0 Å². The van der Waals surface area contributed by atoms with E-state index in [1.807, 2.05) is 0 Å². The zero-order chi connectivity index (χ0) is 22.4. The quantitative estimate of drug-likeness (QED) is 0.241. The molecule has 0 amide bonds. The van der Waals surface area contributed by atoms with Crippen LogP contribution in [0.1, 0.15) is 155 Å². The van der Waals surface area contributed by atoms with Crippen molar-refractivity contribution in [1.82, 2.24) is 0 Å². The van der Waals surface area contributed by atoms with Gasteiger partial charge in [-0.15, -0.1) is 0 Å². The van der Waals surface area contributed by atoms with E-state index in [1.54, 1.807) is 0 Å². The Morgan fingerprint density at radius 2 is 0.969 bits per heavy atom. The first kappa shape index (κ1) is 26.6. The van der Waals surface area contributed by atoms with E-state index in [0.29, 0.717) is 6.10 Å². The molecule has 0 spiro atoms. The lowest BCUT2D eigenvalue weighted by Gasteiger charge is -2.38. The van der Waals surface area contributed by atoms with Gasteiger partial charge in [-0.05, 0) is 81.0 Å². The van der Waals surface area contributed by atoms with Crippen LogP contribution in [0.3, 0.4) is 0 Å². The molecule has 1 nitrogen and oxygen atoms in total. The molecule has 0 unspecified atom stereocenters. The van der Waals surface area contributed by atoms with Gasteiger partial charge in [-0.2, -0.15) is 0 Å². The lowest BCUT2D eigenvalue weighted by molar-refractivity contribution is 0.00369. The molecule has 0 saturated heterocycles. The fourth-order valence-corrected chi connectivity index (χ4v) is 7.55. The summed E-state index contributed by atoms with van der Waals surface area (Å²) >= 11 is 0. The van der Waals surface area contributed by atoms with Gasteiger partial charge in [-0.1, -0.05) is 104 Å². The average molecular weight is 447 g/mol. The molecule has 0 heterocycles. The summed E-state index contributed by atoms with van der Waals surface area (Å²) in [5, 5.41) is 0. The highest BCUT2D eigenvalue weighted by atomic mass is 16.5. The smallest absolute Gasteiger partial charge is 0.0575 e. The topological polar surface area (TPSA) is 9.23 Å². The molecule has 0 N–H and O–H groups in total. The molecule has 32 heavy (non-hydrogen) atoms. The van der Waals surface area contributed by atoms with Crippen LogP contribution in [0.15, 0.2) is 0 Å². The van der Waals surface area contributed by atoms with Crippen LogP contribution >= 0.6 is 0 Å². The Balaban J connectivity index is 1.16. The summed E-state index contributed by atoms with van der Waals surface area (Å²) in [6.45, 7) is 5.71. The highest BCUT2D eigenvalue weighted by Gasteiger charge is 2.31. The van der Waals surface area contributed by atoms with Crippen molar-refractivity contribution in [2.45, 2.75) is 161 Å². The maximum atomic E-state index is 6.37. The van der Waals surface area contributed by atoms with Crippen LogP contribution in [0.4, 0.5) is 0 Å². The van der Waals surface area contributed by atoms with E-state index in [0.717, 1.165) is 36.2 Å². The monoisotopic (exact) mass is 446 g/mol. The van der Waals surface area contributed by atoms with E-state index in [1.165, 1.54) is 141 Å². The van der Waals surface area contributed by atoms with Gasteiger partial charge in [0.05, 0.1) is 6.10 Å². The number of ether oxygens (including phenoxy) is 1. The van der Waals surface area contributed by atoms with Crippen molar-refractivity contribution in [2.75, 3.05) is 6.61 Å². The van der Waals surface area contributed by atoms with E-state index in [4.69, 9.17) is 4.74 Å². The molecule has 1 heteroatoms. The van der Waals surface area contributed by atoms with Crippen LogP contribution in [0, 0.1) is 29.6 Å². The van der Waals surface area contributed by atoms with Crippen LogP contribution in [0.2, 0.25) is 0 Å². The van der Waals surface area contributed by atoms with Crippen molar-refractivity contribution < 1.29 is 4.74 Å². The average Bonchev–Trinajstić information content (AvgIpc) is 2.84. The Morgan fingerprint density at radius 3 is 1.56 bits per heavy atom. The van der Waals surface area contributed by atoms with Crippen molar-refractivity contribution >= 4 is 0 Å². The highest BCUT2D eigenvalue weighted by Crippen LogP contribution is 2.41. The van der Waals surface area contributed by atoms with Crippen molar-refractivity contribution in [3.8, 4) is 0 Å². The minimum Gasteiger partial charge on any atom is -0.378 e. The highest BCUT2D eigenvalue weighted by molar-refractivity contribution is 4.82. The summed E-state index contributed by atoms with van der Waals surface area (Å²) in [5.41, 5.74) is 0. The zero-order valence-corrected chi connectivity index (χ0v) is 22.1. The van der Waals surface area contributed by atoms with E-state index >= 15 is 0 Å². The molecule has 0 atom stereocenters. The van der Waals surface area contributed by atoms with Crippen molar-refractivity contribution in [3.63, 3.8) is 0 Å². The Morgan fingerprint density at radius 1 is 0.469 bits per heavy atom. The van der Waals surface area contributed by atoms with Crippen molar-refractivity contribution in [1.29, 1.82) is 0 Å². The molecule has 0 radical (unpaired) electrons. The van der Waals surface area contributed by atoms with E-state index in [2.05, 4.69) is 13.8 Å². The zero-order valence-electron chi connectivity index (χ0n) is 22.1. The summed E-state index contributed by atoms with van der Waals surface area (Å²) in [5.74, 6) is 5.20. The van der Waals surface area contributed by atoms with E-state index < -0.39 is 0 Å². The molecule has 0 aliphatic heterocycles. The van der Waals surface area contributed by atoms with Gasteiger partial charge in [0.15, 0.2) is 0 Å². The molecule has 3 rings (SSSR count). The minimum atomic E-state index is 0.589. The maximum Gasteiger partial charge on any atom is 0.0575 e. The second-order valence-corrected chi connectivity index (χ2v) is 12.2. The fraction of sp³-hybridized carbons (Fsp3) is 1.00. The largest absolute Gasteiger partial charge is 0.378 e. The first-order chi connectivity index (χ1) is 15.8. The van der Waals surface area contributed by atoms with Gasteiger partial charge in [0.2, 0.25) is 0 Å². The van der Waals surface area contributed by atoms with Crippen molar-refractivity contribution in [2.24, 2.45) is 29.6 Å². The molecular weight excluding hydrogens is 388 g/mol. The number of rotatable bonds is 14. The number of hydrogen-bond donors (Lipinski definition) is 0. The third-order valence-corrected chi connectivity index (χ3v) is 9.77. The Hall–Kier alpha value is -0.0400. The normalized spacial score (nSPS) is 33.9. The molecule has 3 fully saturated rings. The summed E-state index contributed by atoms with van der Waals surface area (Å²) in [6.07, 6.45) is 32.7. The Labute approximate surface area is 202 Å². The molecule has 3 aliphatic carbocycles. The molecule has 0 bridgehead atoms. The lowest BCUT2D eigenvalue weighted by atomic mass is 9.70. The Bertz CT molecular complexity index is 435. The summed E-state index contributed by atoms with van der Waals surface area (Å²) in [7, 11) is 0. The molecule has 0 aromatic rings. The summed E-state index contributed by atoms with van der Waals surface area (Å²) < 4.78 is 6.37. The molecule has 3 saturated carbocycles. The predicted molar refractivity (Wildman–Crippen MR) is 140 cm³/mol. The first-order valence-corrected chi connectivity index (χ1v) is 15.4. The van der Waals surface area contributed by atoms with Crippen LogP contribution in [0.25, 0.3) is 0 Å². The molecule has 0 aromatic carbocycles. The second kappa shape index (κ2) is 15.8. The number of unbranched alkanes of at least 4 members (excludes halogenated alkanes) is 4. The van der Waals surface area contributed by atoms with Gasteiger partial charge in [-0.25, -0.2) is 0 Å². The lowest BCUT2D eigenvalue weighted by Crippen LogP contribution is -2.28.